The molecule has 1 heterocycles. The van der Waals surface area contributed by atoms with E-state index >= 15 is 0 Å². The summed E-state index contributed by atoms with van der Waals surface area (Å²) in [5.74, 6) is 1.84. The Labute approximate surface area is 115 Å². The van der Waals surface area contributed by atoms with Crippen molar-refractivity contribution in [1.29, 1.82) is 0 Å². The maximum atomic E-state index is 6.03. The molecule has 0 atom stereocenters. The fraction of sp³-hybridized carbons (Fsp3) is 0.167. The Morgan fingerprint density at radius 3 is 2.58 bits per heavy atom. The average molecular weight is 281 g/mol. The number of halogens is 1. The molecule has 0 unspecified atom stereocenters. The van der Waals surface area contributed by atoms with Crippen LogP contribution in [0, 0.1) is 0 Å². The van der Waals surface area contributed by atoms with E-state index in [1.54, 1.807) is 38.6 Å². The predicted molar refractivity (Wildman–Crippen MR) is 74.3 cm³/mol. The molecule has 0 aliphatic carbocycles. The highest BCUT2D eigenvalue weighted by Gasteiger charge is 2.10. The van der Waals surface area contributed by atoms with Gasteiger partial charge in [-0.3, -0.25) is 0 Å². The number of nitrogens with zero attached hydrogens (tertiary/aromatic N) is 2. The van der Waals surface area contributed by atoms with Crippen LogP contribution in [-0.4, -0.2) is 24.2 Å². The zero-order valence-electron chi connectivity index (χ0n) is 10.5. The van der Waals surface area contributed by atoms with Crippen molar-refractivity contribution < 1.29 is 9.47 Å². The van der Waals surface area contributed by atoms with Crippen LogP contribution < -0.4 is 20.5 Å². The minimum atomic E-state index is 0.185. The van der Waals surface area contributed by atoms with Gasteiger partial charge in [0.2, 0.25) is 5.95 Å². The molecule has 0 radical (unpaired) electrons. The van der Waals surface area contributed by atoms with Crippen LogP contribution in [0.15, 0.2) is 24.4 Å². The van der Waals surface area contributed by atoms with Gasteiger partial charge in [-0.2, -0.15) is 4.98 Å². The quantitative estimate of drug-likeness (QED) is 0.895. The van der Waals surface area contributed by atoms with Gasteiger partial charge in [-0.05, 0) is 6.07 Å². The topological polar surface area (TPSA) is 82.3 Å². The number of aromatic nitrogens is 2. The maximum absolute atomic E-state index is 6.03. The Kier molecular flexibility index (Phi) is 3.91. The highest BCUT2D eigenvalue weighted by atomic mass is 35.5. The van der Waals surface area contributed by atoms with Crippen LogP contribution in [0.5, 0.6) is 11.5 Å². The van der Waals surface area contributed by atoms with Crippen LogP contribution >= 0.6 is 11.6 Å². The molecule has 1 aromatic carbocycles. The van der Waals surface area contributed by atoms with Gasteiger partial charge in [0.1, 0.15) is 17.3 Å². The Hall–Kier alpha value is -2.21. The molecule has 100 valence electrons. The van der Waals surface area contributed by atoms with Crippen LogP contribution in [0.1, 0.15) is 0 Å². The number of ether oxygens (including phenoxy) is 2. The van der Waals surface area contributed by atoms with Gasteiger partial charge >= 0.3 is 0 Å². The first kappa shape index (κ1) is 13.2. The van der Waals surface area contributed by atoms with E-state index in [1.807, 2.05) is 0 Å². The number of rotatable bonds is 4. The molecule has 0 fully saturated rings. The number of anilines is 3. The van der Waals surface area contributed by atoms with E-state index in [9.17, 15) is 0 Å². The Bertz CT molecular complexity index is 592. The number of hydrogen-bond acceptors (Lipinski definition) is 6. The Balaban J connectivity index is 2.38. The Morgan fingerprint density at radius 1 is 1.21 bits per heavy atom. The van der Waals surface area contributed by atoms with E-state index in [-0.39, 0.29) is 5.95 Å². The molecular weight excluding hydrogens is 268 g/mol. The second-order valence-electron chi connectivity index (χ2n) is 3.61. The molecule has 19 heavy (non-hydrogen) atoms. The monoisotopic (exact) mass is 280 g/mol. The first-order chi connectivity index (χ1) is 9.13. The molecule has 2 rings (SSSR count). The van der Waals surface area contributed by atoms with Crippen molar-refractivity contribution in [1.82, 2.24) is 9.97 Å². The molecule has 0 aliphatic rings. The molecule has 0 aliphatic heterocycles. The van der Waals surface area contributed by atoms with Gasteiger partial charge in [0.05, 0.1) is 24.9 Å². The lowest BCUT2D eigenvalue weighted by molar-refractivity contribution is 0.405. The van der Waals surface area contributed by atoms with Crippen molar-refractivity contribution in [2.75, 3.05) is 25.3 Å². The molecule has 1 aromatic heterocycles. The summed E-state index contributed by atoms with van der Waals surface area (Å²) in [6.45, 7) is 0. The lowest BCUT2D eigenvalue weighted by Gasteiger charge is -2.13. The summed E-state index contributed by atoms with van der Waals surface area (Å²) < 4.78 is 10.4. The summed E-state index contributed by atoms with van der Waals surface area (Å²) in [4.78, 5) is 7.87. The molecule has 6 nitrogen and oxygen atoms in total. The van der Waals surface area contributed by atoms with Gasteiger partial charge < -0.3 is 20.5 Å². The summed E-state index contributed by atoms with van der Waals surface area (Å²) in [6.07, 6.45) is 1.56. The summed E-state index contributed by atoms with van der Waals surface area (Å²) in [7, 11) is 3.10. The molecule has 2 aromatic rings. The van der Waals surface area contributed by atoms with Crippen LogP contribution in [-0.2, 0) is 0 Å². The summed E-state index contributed by atoms with van der Waals surface area (Å²) in [5.41, 5.74) is 6.19. The molecule has 0 bridgehead atoms. The third-order valence-corrected chi connectivity index (χ3v) is 2.71. The number of methoxy groups -OCH3 is 2. The molecular formula is C12H13ClN4O2. The number of hydrogen-bond donors (Lipinski definition) is 2. The number of nitrogen functional groups attached to an aromatic ring is 1. The second-order valence-corrected chi connectivity index (χ2v) is 4.02. The van der Waals surface area contributed by atoms with E-state index in [2.05, 4.69) is 15.3 Å². The first-order valence-electron chi connectivity index (χ1n) is 5.41. The number of nitrogens with two attached hydrogens (primary N) is 1. The van der Waals surface area contributed by atoms with Crippen LogP contribution in [0.2, 0.25) is 5.02 Å². The van der Waals surface area contributed by atoms with Gasteiger partial charge in [-0.1, -0.05) is 11.6 Å². The van der Waals surface area contributed by atoms with Crippen molar-refractivity contribution in [3.63, 3.8) is 0 Å². The Morgan fingerprint density at radius 2 is 1.95 bits per heavy atom. The maximum Gasteiger partial charge on any atom is 0.221 e. The third kappa shape index (κ3) is 2.97. The standard InChI is InChI=1S/C12H13ClN4O2/c1-18-9-6-8(10(19-2)5-7(9)13)16-11-3-4-15-12(14)17-11/h3-6H,1-2H3,(H3,14,15,16,17). The summed E-state index contributed by atoms with van der Waals surface area (Å²) >= 11 is 6.03. The first-order valence-corrected chi connectivity index (χ1v) is 5.79. The fourth-order valence-electron chi connectivity index (χ4n) is 1.54. The van der Waals surface area contributed by atoms with E-state index in [0.29, 0.717) is 28.0 Å². The third-order valence-electron chi connectivity index (χ3n) is 2.41. The molecule has 0 saturated heterocycles. The highest BCUT2D eigenvalue weighted by Crippen LogP contribution is 2.36. The molecule has 7 heteroatoms. The zero-order valence-corrected chi connectivity index (χ0v) is 11.2. The fourth-order valence-corrected chi connectivity index (χ4v) is 1.77. The molecule has 0 amide bonds. The van der Waals surface area contributed by atoms with E-state index in [4.69, 9.17) is 26.8 Å². The normalized spacial score (nSPS) is 10.1. The van der Waals surface area contributed by atoms with Crippen molar-refractivity contribution in [2.45, 2.75) is 0 Å². The van der Waals surface area contributed by atoms with Gasteiger partial charge in [0, 0.05) is 18.3 Å². The smallest absolute Gasteiger partial charge is 0.221 e. The van der Waals surface area contributed by atoms with Crippen LogP contribution in [0.25, 0.3) is 0 Å². The van der Waals surface area contributed by atoms with Gasteiger partial charge in [-0.25, -0.2) is 4.98 Å². The van der Waals surface area contributed by atoms with Crippen molar-refractivity contribution in [3.8, 4) is 11.5 Å². The van der Waals surface area contributed by atoms with E-state index < -0.39 is 0 Å². The molecule has 3 N–H and O–H groups in total. The molecule has 0 spiro atoms. The summed E-state index contributed by atoms with van der Waals surface area (Å²) in [6, 6.07) is 5.07. The van der Waals surface area contributed by atoms with E-state index in [1.165, 1.54) is 0 Å². The summed E-state index contributed by atoms with van der Waals surface area (Å²) in [5, 5.41) is 3.54. The lowest BCUT2D eigenvalue weighted by Crippen LogP contribution is -2.01. The van der Waals surface area contributed by atoms with Crippen molar-refractivity contribution in [2.24, 2.45) is 0 Å². The lowest BCUT2D eigenvalue weighted by atomic mass is 10.2. The minimum Gasteiger partial charge on any atom is -0.495 e. The highest BCUT2D eigenvalue weighted by molar-refractivity contribution is 6.32. The minimum absolute atomic E-state index is 0.185. The predicted octanol–water partition coefficient (Wildman–Crippen LogP) is 2.47. The number of nitrogens with one attached hydrogen (secondary N) is 1. The van der Waals surface area contributed by atoms with E-state index in [0.717, 1.165) is 0 Å². The zero-order chi connectivity index (χ0) is 13.8. The largest absolute Gasteiger partial charge is 0.495 e. The second kappa shape index (κ2) is 5.62. The molecule has 0 saturated carbocycles. The average Bonchev–Trinajstić information content (AvgIpc) is 2.40. The van der Waals surface area contributed by atoms with Crippen molar-refractivity contribution in [3.05, 3.63) is 29.4 Å². The van der Waals surface area contributed by atoms with Crippen LogP contribution in [0.4, 0.5) is 17.5 Å². The van der Waals surface area contributed by atoms with Gasteiger partial charge in [0.25, 0.3) is 0 Å². The van der Waals surface area contributed by atoms with Crippen LogP contribution in [0.3, 0.4) is 0 Å². The number of benzene rings is 1. The SMILES string of the molecule is COc1cc(Nc2ccnc(N)n2)c(OC)cc1Cl. The van der Waals surface area contributed by atoms with Crippen molar-refractivity contribution >= 4 is 29.1 Å². The van der Waals surface area contributed by atoms with Gasteiger partial charge in [0.15, 0.2) is 0 Å². The van der Waals surface area contributed by atoms with Gasteiger partial charge in [-0.15, -0.1) is 0 Å².